The summed E-state index contributed by atoms with van der Waals surface area (Å²) in [4.78, 5) is 26.6. The maximum Gasteiger partial charge on any atom is 0.293 e. The number of carbonyl (C=O) groups is 2. The zero-order valence-corrected chi connectivity index (χ0v) is 10.3. The van der Waals surface area contributed by atoms with Crippen LogP contribution in [0.2, 0.25) is 5.22 Å². The highest BCUT2D eigenvalue weighted by Crippen LogP contribution is 2.18. The number of thiazole rings is 1. The zero-order valence-electron chi connectivity index (χ0n) is 8.69. The first-order chi connectivity index (χ1) is 8.06. The van der Waals surface area contributed by atoms with Crippen LogP contribution in [-0.2, 0) is 0 Å². The summed E-state index contributed by atoms with van der Waals surface area (Å²) in [5.41, 5.74) is 0.322. The Morgan fingerprint density at radius 2 is 2.24 bits per heavy atom. The van der Waals surface area contributed by atoms with Crippen molar-refractivity contribution in [3.63, 3.8) is 0 Å². The van der Waals surface area contributed by atoms with Crippen LogP contribution in [0.3, 0.4) is 0 Å². The molecule has 0 aliphatic heterocycles. The molecular formula is C10H7ClN2O3S. The van der Waals surface area contributed by atoms with E-state index in [1.807, 2.05) is 0 Å². The first-order valence-electron chi connectivity index (χ1n) is 4.59. The van der Waals surface area contributed by atoms with Crippen LogP contribution in [0.4, 0.5) is 5.13 Å². The summed E-state index contributed by atoms with van der Waals surface area (Å²) in [5.74, 6) is -0.515. The lowest BCUT2D eigenvalue weighted by atomic mass is 10.4. The highest BCUT2D eigenvalue weighted by Gasteiger charge is 2.13. The van der Waals surface area contributed by atoms with Gasteiger partial charge in [-0.2, -0.15) is 0 Å². The van der Waals surface area contributed by atoms with Crippen LogP contribution in [0.1, 0.15) is 28.0 Å². The number of aromatic nitrogens is 1. The Kier molecular flexibility index (Phi) is 3.26. The number of anilines is 1. The molecular weight excluding hydrogens is 264 g/mol. The summed E-state index contributed by atoms with van der Waals surface area (Å²) in [6, 6.07) is 2.93. The smallest absolute Gasteiger partial charge is 0.293 e. The van der Waals surface area contributed by atoms with Crippen molar-refractivity contribution in [2.24, 2.45) is 0 Å². The van der Waals surface area contributed by atoms with Gasteiger partial charge in [0.25, 0.3) is 5.91 Å². The van der Waals surface area contributed by atoms with Gasteiger partial charge in [-0.15, -0.1) is 11.3 Å². The third-order valence-electron chi connectivity index (χ3n) is 1.88. The van der Waals surface area contributed by atoms with E-state index in [0.29, 0.717) is 10.8 Å². The SMILES string of the molecule is CC(=O)c1csc(NC(=O)c2ccc(Cl)o2)n1. The van der Waals surface area contributed by atoms with Crippen molar-refractivity contribution in [1.29, 1.82) is 0 Å². The standard InChI is InChI=1S/C10H7ClN2O3S/c1-5(14)6-4-17-10(12-6)13-9(15)7-2-3-8(11)16-7/h2-4H,1H3,(H,12,13,15). The van der Waals surface area contributed by atoms with Gasteiger partial charge >= 0.3 is 0 Å². The first-order valence-corrected chi connectivity index (χ1v) is 5.85. The minimum absolute atomic E-state index is 0.0922. The summed E-state index contributed by atoms with van der Waals surface area (Å²) in [6.45, 7) is 1.41. The number of rotatable bonds is 3. The second-order valence-electron chi connectivity index (χ2n) is 3.15. The molecule has 2 heterocycles. The molecule has 1 amide bonds. The van der Waals surface area contributed by atoms with E-state index >= 15 is 0 Å². The maximum atomic E-state index is 11.6. The van der Waals surface area contributed by atoms with Crippen LogP contribution in [0.15, 0.2) is 21.9 Å². The Labute approximate surface area is 105 Å². The molecule has 2 rings (SSSR count). The average Bonchev–Trinajstić information content (AvgIpc) is 2.86. The molecule has 88 valence electrons. The normalized spacial score (nSPS) is 10.2. The van der Waals surface area contributed by atoms with Gasteiger partial charge in [0.2, 0.25) is 0 Å². The van der Waals surface area contributed by atoms with E-state index < -0.39 is 5.91 Å². The molecule has 0 saturated carbocycles. The fraction of sp³-hybridized carbons (Fsp3) is 0.100. The Balaban J connectivity index is 2.10. The zero-order chi connectivity index (χ0) is 12.4. The van der Waals surface area contributed by atoms with Gasteiger partial charge in [-0.3, -0.25) is 14.9 Å². The van der Waals surface area contributed by atoms with Gasteiger partial charge < -0.3 is 4.42 Å². The molecule has 0 radical (unpaired) electrons. The van der Waals surface area contributed by atoms with E-state index in [2.05, 4.69) is 10.3 Å². The number of furan rings is 1. The molecule has 5 nitrogen and oxygen atoms in total. The fourth-order valence-corrected chi connectivity index (χ4v) is 1.98. The molecule has 0 atom stereocenters. The lowest BCUT2D eigenvalue weighted by Crippen LogP contribution is -2.10. The molecule has 0 aliphatic rings. The van der Waals surface area contributed by atoms with Crippen molar-refractivity contribution in [3.05, 3.63) is 34.2 Å². The highest BCUT2D eigenvalue weighted by molar-refractivity contribution is 7.14. The van der Waals surface area contributed by atoms with Crippen LogP contribution in [0, 0.1) is 0 Å². The molecule has 17 heavy (non-hydrogen) atoms. The molecule has 0 saturated heterocycles. The third-order valence-corrected chi connectivity index (χ3v) is 2.84. The Morgan fingerprint density at radius 3 is 2.76 bits per heavy atom. The topological polar surface area (TPSA) is 72.2 Å². The summed E-state index contributed by atoms with van der Waals surface area (Å²) in [7, 11) is 0. The van der Waals surface area contributed by atoms with Crippen LogP contribution in [0.5, 0.6) is 0 Å². The number of ketones is 1. The lowest BCUT2D eigenvalue weighted by molar-refractivity contribution is 0.0990. The molecule has 2 aromatic heterocycles. The number of amides is 1. The minimum atomic E-state index is -0.457. The Bertz CT molecular complexity index is 576. The van der Waals surface area contributed by atoms with Crippen LogP contribution in [-0.4, -0.2) is 16.7 Å². The number of nitrogens with zero attached hydrogens (tertiary/aromatic N) is 1. The number of nitrogens with one attached hydrogen (secondary N) is 1. The van der Waals surface area contributed by atoms with E-state index in [-0.39, 0.29) is 16.8 Å². The maximum absolute atomic E-state index is 11.6. The van der Waals surface area contributed by atoms with Gasteiger partial charge in [0, 0.05) is 12.3 Å². The number of Topliss-reactive ketones (excluding diaryl/α,β-unsaturated/α-hetero) is 1. The summed E-state index contributed by atoms with van der Waals surface area (Å²) >= 11 is 6.72. The Hall–Kier alpha value is -1.66. The molecule has 2 aromatic rings. The number of halogens is 1. The molecule has 0 spiro atoms. The molecule has 0 aromatic carbocycles. The molecule has 7 heteroatoms. The number of hydrogen-bond donors (Lipinski definition) is 1. The van der Waals surface area contributed by atoms with E-state index in [9.17, 15) is 9.59 Å². The monoisotopic (exact) mass is 270 g/mol. The van der Waals surface area contributed by atoms with Crippen molar-refractivity contribution in [2.75, 3.05) is 5.32 Å². The molecule has 1 N–H and O–H groups in total. The Morgan fingerprint density at radius 1 is 1.47 bits per heavy atom. The largest absolute Gasteiger partial charge is 0.440 e. The summed E-state index contributed by atoms with van der Waals surface area (Å²) in [5, 5.41) is 4.57. The second kappa shape index (κ2) is 4.68. The summed E-state index contributed by atoms with van der Waals surface area (Å²) < 4.78 is 4.94. The van der Waals surface area contributed by atoms with E-state index in [1.54, 1.807) is 5.38 Å². The molecule has 0 aliphatic carbocycles. The van der Waals surface area contributed by atoms with Gasteiger partial charge in [0.1, 0.15) is 5.69 Å². The minimum Gasteiger partial charge on any atom is -0.440 e. The van der Waals surface area contributed by atoms with Gasteiger partial charge in [0.15, 0.2) is 21.9 Å². The summed E-state index contributed by atoms with van der Waals surface area (Å²) in [6.07, 6.45) is 0. The van der Waals surface area contributed by atoms with Gasteiger partial charge in [0.05, 0.1) is 0 Å². The van der Waals surface area contributed by atoms with Crippen molar-refractivity contribution < 1.29 is 14.0 Å². The van der Waals surface area contributed by atoms with E-state index in [0.717, 1.165) is 0 Å². The quantitative estimate of drug-likeness (QED) is 0.871. The van der Waals surface area contributed by atoms with Crippen molar-refractivity contribution in [2.45, 2.75) is 6.92 Å². The third kappa shape index (κ3) is 2.72. The van der Waals surface area contributed by atoms with Gasteiger partial charge in [-0.25, -0.2) is 4.98 Å². The second-order valence-corrected chi connectivity index (χ2v) is 4.38. The highest BCUT2D eigenvalue weighted by atomic mass is 35.5. The van der Waals surface area contributed by atoms with E-state index in [4.69, 9.17) is 16.0 Å². The van der Waals surface area contributed by atoms with Crippen LogP contribution < -0.4 is 5.32 Å². The average molecular weight is 271 g/mol. The molecule has 0 bridgehead atoms. The number of hydrogen-bond acceptors (Lipinski definition) is 5. The van der Waals surface area contributed by atoms with E-state index in [1.165, 1.54) is 30.4 Å². The van der Waals surface area contributed by atoms with Crippen molar-refractivity contribution >= 4 is 39.8 Å². The predicted octanol–water partition coefficient (Wildman–Crippen LogP) is 2.84. The van der Waals surface area contributed by atoms with Crippen LogP contribution >= 0.6 is 22.9 Å². The number of carbonyl (C=O) groups excluding carboxylic acids is 2. The molecule has 0 unspecified atom stereocenters. The predicted molar refractivity (Wildman–Crippen MR) is 63.8 cm³/mol. The van der Waals surface area contributed by atoms with Gasteiger partial charge in [-0.05, 0) is 23.7 Å². The van der Waals surface area contributed by atoms with Crippen molar-refractivity contribution in [1.82, 2.24) is 4.98 Å². The first kappa shape index (κ1) is 11.8. The lowest BCUT2D eigenvalue weighted by Gasteiger charge is -1.96. The van der Waals surface area contributed by atoms with Crippen molar-refractivity contribution in [3.8, 4) is 0 Å². The molecule has 0 fully saturated rings. The fourth-order valence-electron chi connectivity index (χ4n) is 1.09. The van der Waals surface area contributed by atoms with Gasteiger partial charge in [-0.1, -0.05) is 0 Å². The van der Waals surface area contributed by atoms with Crippen LogP contribution in [0.25, 0.3) is 0 Å².